The molecule has 1 N–H and O–H groups in total. The fourth-order valence-electron chi connectivity index (χ4n) is 1.60. The highest BCUT2D eigenvalue weighted by atomic mass is 32.2. The van der Waals surface area contributed by atoms with Gasteiger partial charge in [-0.25, -0.2) is 0 Å². The molecule has 1 heterocycles. The maximum Gasteiger partial charge on any atom is 0.308 e. The highest BCUT2D eigenvalue weighted by Gasteiger charge is 2.31. The second-order valence-electron chi connectivity index (χ2n) is 3.82. The lowest BCUT2D eigenvalue weighted by atomic mass is 10.1. The molecule has 1 aliphatic rings. The molecule has 1 aromatic rings. The molecule has 0 saturated carbocycles. The molecule has 1 aromatic carbocycles. The van der Waals surface area contributed by atoms with E-state index in [4.69, 9.17) is 4.74 Å². The third-order valence-corrected chi connectivity index (χ3v) is 3.35. The highest BCUT2D eigenvalue weighted by molar-refractivity contribution is 8.15. The largest absolute Gasteiger partial charge is 0.427 e. The minimum absolute atomic E-state index is 0.255. The van der Waals surface area contributed by atoms with Crippen LogP contribution >= 0.6 is 11.8 Å². The van der Waals surface area contributed by atoms with Gasteiger partial charge in [0, 0.05) is 6.92 Å². The van der Waals surface area contributed by atoms with Gasteiger partial charge in [0.15, 0.2) is 0 Å². The van der Waals surface area contributed by atoms with Crippen LogP contribution in [0.2, 0.25) is 0 Å². The summed E-state index contributed by atoms with van der Waals surface area (Å²) in [6.45, 7) is 1.33. The van der Waals surface area contributed by atoms with Crippen molar-refractivity contribution in [3.8, 4) is 5.75 Å². The average Bonchev–Trinajstić information content (AvgIpc) is 2.59. The van der Waals surface area contributed by atoms with Gasteiger partial charge in [-0.05, 0) is 24.1 Å². The maximum atomic E-state index is 11.4. The van der Waals surface area contributed by atoms with Crippen molar-refractivity contribution in [1.82, 2.24) is 5.32 Å². The fourth-order valence-corrected chi connectivity index (χ4v) is 2.46. The van der Waals surface area contributed by atoms with Crippen LogP contribution in [0, 0.1) is 0 Å². The van der Waals surface area contributed by atoms with Crippen molar-refractivity contribution in [2.75, 3.05) is 0 Å². The molecule has 0 unspecified atom stereocenters. The van der Waals surface area contributed by atoms with Crippen molar-refractivity contribution in [3.05, 3.63) is 29.8 Å². The first-order chi connectivity index (χ1) is 8.54. The van der Waals surface area contributed by atoms with E-state index in [1.54, 1.807) is 24.3 Å². The summed E-state index contributed by atoms with van der Waals surface area (Å²) in [5, 5.41) is 1.56. The predicted molar refractivity (Wildman–Crippen MR) is 66.4 cm³/mol. The number of thioether (sulfide) groups is 1. The van der Waals surface area contributed by atoms with Gasteiger partial charge in [0.1, 0.15) is 5.75 Å². The Kier molecular flexibility index (Phi) is 3.66. The molecule has 0 aromatic heterocycles. The van der Waals surface area contributed by atoms with Crippen molar-refractivity contribution in [3.63, 3.8) is 0 Å². The summed E-state index contributed by atoms with van der Waals surface area (Å²) in [6, 6.07) is 6.87. The summed E-state index contributed by atoms with van der Waals surface area (Å²) in [6.07, 6.45) is 0.475. The lowest BCUT2D eigenvalue weighted by Gasteiger charge is -2.06. The van der Waals surface area contributed by atoms with Crippen molar-refractivity contribution in [2.24, 2.45) is 0 Å². The third-order valence-electron chi connectivity index (χ3n) is 2.37. The van der Waals surface area contributed by atoms with Crippen molar-refractivity contribution in [1.29, 1.82) is 0 Å². The molecule has 1 aliphatic heterocycles. The summed E-state index contributed by atoms with van der Waals surface area (Å²) in [7, 11) is 0. The van der Waals surface area contributed by atoms with Gasteiger partial charge in [0.2, 0.25) is 5.91 Å². The summed E-state index contributed by atoms with van der Waals surface area (Å²) in [4.78, 5) is 33.1. The molecular formula is C12H11NO4S. The Balaban J connectivity index is 2.00. The first-order valence-electron chi connectivity index (χ1n) is 5.33. The van der Waals surface area contributed by atoms with Gasteiger partial charge in [-0.1, -0.05) is 23.9 Å². The number of amides is 2. The van der Waals surface area contributed by atoms with Crippen molar-refractivity contribution in [2.45, 2.75) is 18.6 Å². The number of hydrogen-bond donors (Lipinski definition) is 1. The number of hydrogen-bond acceptors (Lipinski definition) is 5. The molecule has 0 radical (unpaired) electrons. The van der Waals surface area contributed by atoms with E-state index in [0.717, 1.165) is 17.3 Å². The number of ether oxygens (including phenoxy) is 1. The number of esters is 1. The molecule has 94 valence electrons. The summed E-state index contributed by atoms with van der Waals surface area (Å²) in [5.41, 5.74) is 0.910. The van der Waals surface area contributed by atoms with Gasteiger partial charge in [-0.15, -0.1) is 0 Å². The normalized spacial score (nSPS) is 18.6. The minimum atomic E-state index is -0.378. The van der Waals surface area contributed by atoms with Crippen LogP contribution in [0.3, 0.4) is 0 Å². The van der Waals surface area contributed by atoms with Gasteiger partial charge in [0.05, 0.1) is 5.25 Å². The van der Waals surface area contributed by atoms with E-state index in [0.29, 0.717) is 12.2 Å². The molecule has 1 saturated heterocycles. The zero-order chi connectivity index (χ0) is 13.1. The molecule has 0 aliphatic carbocycles. The first kappa shape index (κ1) is 12.6. The van der Waals surface area contributed by atoms with Crippen LogP contribution in [0.5, 0.6) is 5.75 Å². The predicted octanol–water partition coefficient (Wildman–Crippen LogP) is 1.51. The Bertz CT molecular complexity index is 497. The van der Waals surface area contributed by atoms with Gasteiger partial charge in [0.25, 0.3) is 5.24 Å². The minimum Gasteiger partial charge on any atom is -0.427 e. The zero-order valence-corrected chi connectivity index (χ0v) is 10.5. The summed E-state index contributed by atoms with van der Waals surface area (Å²) in [5.74, 6) is -0.168. The Labute approximate surface area is 108 Å². The van der Waals surface area contributed by atoms with Gasteiger partial charge < -0.3 is 4.74 Å². The van der Waals surface area contributed by atoms with E-state index in [1.807, 2.05) is 0 Å². The molecule has 6 heteroatoms. The molecule has 0 bridgehead atoms. The van der Waals surface area contributed by atoms with E-state index >= 15 is 0 Å². The van der Waals surface area contributed by atoms with Gasteiger partial charge in [-0.3, -0.25) is 19.7 Å². The molecule has 18 heavy (non-hydrogen) atoms. The second-order valence-corrected chi connectivity index (χ2v) is 5.00. The molecule has 2 amide bonds. The number of imide groups is 1. The monoisotopic (exact) mass is 265 g/mol. The van der Waals surface area contributed by atoms with Crippen LogP contribution in [0.4, 0.5) is 4.79 Å². The first-order valence-corrected chi connectivity index (χ1v) is 6.21. The number of benzene rings is 1. The van der Waals surface area contributed by atoms with Gasteiger partial charge >= 0.3 is 5.97 Å². The molecule has 2 rings (SSSR count). The van der Waals surface area contributed by atoms with Gasteiger partial charge in [-0.2, -0.15) is 0 Å². The molecule has 1 fully saturated rings. The molecule has 5 nitrogen and oxygen atoms in total. The van der Waals surface area contributed by atoms with E-state index in [2.05, 4.69) is 5.32 Å². The Hall–Kier alpha value is -1.82. The standard InChI is InChI=1S/C12H11NO4S/c1-7(14)17-9-4-2-8(3-5-9)6-10-11(15)13-12(16)18-10/h2-5,10H,6H2,1H3,(H,13,15,16)/t10-/m0/s1. The highest BCUT2D eigenvalue weighted by Crippen LogP contribution is 2.23. The summed E-state index contributed by atoms with van der Waals surface area (Å²) >= 11 is 0.998. The second kappa shape index (κ2) is 5.22. The van der Waals surface area contributed by atoms with Crippen LogP contribution in [0.15, 0.2) is 24.3 Å². The van der Waals surface area contributed by atoms with Crippen molar-refractivity contribution < 1.29 is 19.1 Å². The fraction of sp³-hybridized carbons (Fsp3) is 0.250. The Morgan fingerprint density at radius 1 is 1.33 bits per heavy atom. The SMILES string of the molecule is CC(=O)Oc1ccc(C[C@@H]2SC(=O)NC2=O)cc1. The van der Waals surface area contributed by atoms with Crippen LogP contribution in [-0.4, -0.2) is 22.4 Å². The Morgan fingerprint density at radius 3 is 2.50 bits per heavy atom. The lowest BCUT2D eigenvalue weighted by molar-refractivity contribution is -0.131. The topological polar surface area (TPSA) is 72.5 Å². The summed E-state index contributed by atoms with van der Waals surface area (Å²) < 4.78 is 4.90. The number of nitrogens with one attached hydrogen (secondary N) is 1. The van der Waals surface area contributed by atoms with Crippen molar-refractivity contribution >= 4 is 28.9 Å². The smallest absolute Gasteiger partial charge is 0.308 e. The molecular weight excluding hydrogens is 254 g/mol. The average molecular weight is 265 g/mol. The number of carbonyl (C=O) groups is 3. The van der Waals surface area contributed by atoms with E-state index in [1.165, 1.54) is 6.92 Å². The van der Waals surface area contributed by atoms with Crippen LogP contribution < -0.4 is 10.1 Å². The van der Waals surface area contributed by atoms with E-state index < -0.39 is 0 Å². The van der Waals surface area contributed by atoms with E-state index in [9.17, 15) is 14.4 Å². The molecule has 1 atom stereocenters. The molecule has 0 spiro atoms. The third kappa shape index (κ3) is 3.10. The zero-order valence-electron chi connectivity index (χ0n) is 9.64. The Morgan fingerprint density at radius 2 is 2.00 bits per heavy atom. The lowest BCUT2D eigenvalue weighted by Crippen LogP contribution is -2.25. The maximum absolute atomic E-state index is 11.4. The number of rotatable bonds is 3. The number of carbonyl (C=O) groups excluding carboxylic acids is 3. The quantitative estimate of drug-likeness (QED) is 0.662. The van der Waals surface area contributed by atoms with Crippen LogP contribution in [-0.2, 0) is 16.0 Å². The van der Waals surface area contributed by atoms with Crippen LogP contribution in [0.25, 0.3) is 0 Å². The van der Waals surface area contributed by atoms with E-state index in [-0.39, 0.29) is 22.4 Å². The van der Waals surface area contributed by atoms with Crippen LogP contribution in [0.1, 0.15) is 12.5 Å².